The molecule has 4 heteroatoms. The van der Waals surface area contributed by atoms with Gasteiger partial charge < -0.3 is 9.67 Å². The van der Waals surface area contributed by atoms with E-state index in [1.54, 1.807) is 0 Å². The van der Waals surface area contributed by atoms with Crippen molar-refractivity contribution in [2.75, 3.05) is 20.7 Å². The van der Waals surface area contributed by atoms with Gasteiger partial charge in [-0.15, -0.1) is 0 Å². The molecule has 158 valence electrons. The van der Waals surface area contributed by atoms with E-state index in [0.29, 0.717) is 4.65 Å². The number of hydrogen-bond acceptors (Lipinski definition) is 2. The summed E-state index contributed by atoms with van der Waals surface area (Å²) in [5.74, 6) is 0. The number of aliphatic hydroxyl groups excluding tert-OH is 1. The molecule has 4 nitrogen and oxygen atoms in total. The highest BCUT2D eigenvalue weighted by Crippen LogP contribution is 2.30. The highest BCUT2D eigenvalue weighted by Gasteiger charge is 2.33. The number of quaternary nitrogens is 1. The third-order valence-electron chi connectivity index (χ3n) is 6.32. The number of rotatable bonds is 9. The quantitative estimate of drug-likeness (QED) is 0.287. The van der Waals surface area contributed by atoms with Gasteiger partial charge in [0.05, 0.1) is 20.7 Å². The average Bonchev–Trinajstić information content (AvgIpc) is 2.99. The van der Waals surface area contributed by atoms with Crippen molar-refractivity contribution in [2.24, 2.45) is 0 Å². The molecule has 3 aromatic rings. The maximum atomic E-state index is 9.50. The van der Waals surface area contributed by atoms with E-state index < -0.39 is 0 Å². The van der Waals surface area contributed by atoms with Crippen LogP contribution >= 0.6 is 0 Å². The number of benzene rings is 2. The molecule has 1 aromatic heterocycles. The molecule has 2 aromatic carbocycles. The van der Waals surface area contributed by atoms with E-state index in [1.165, 1.54) is 34.6 Å². The van der Waals surface area contributed by atoms with Gasteiger partial charge in [0, 0.05) is 28.4 Å². The Hall–Kier alpha value is -1.88. The highest BCUT2D eigenvalue weighted by atomic mass is 16.7. The van der Waals surface area contributed by atoms with Crippen LogP contribution in [0.3, 0.4) is 0 Å². The van der Waals surface area contributed by atoms with Crippen molar-refractivity contribution in [3.8, 4) is 0 Å². The molecule has 0 spiro atoms. The second-order valence-corrected chi connectivity index (χ2v) is 9.45. The lowest BCUT2D eigenvalue weighted by Gasteiger charge is -2.39. The van der Waals surface area contributed by atoms with Gasteiger partial charge >= 0.3 is 0 Å². The largest absolute Gasteiger partial charge is 0.392 e. The SMILES string of the molecule is CC(C)(C)[N+](C)(C)OCCCCCCn1c2ccccc2c2cc(CO)ccc21. The first-order valence-corrected chi connectivity index (χ1v) is 10.8. The van der Waals surface area contributed by atoms with Crippen molar-refractivity contribution in [2.45, 2.75) is 65.1 Å². The molecule has 0 radical (unpaired) electrons. The molecule has 0 bridgehead atoms. The molecule has 0 aliphatic heterocycles. The van der Waals surface area contributed by atoms with Gasteiger partial charge in [-0.2, -0.15) is 4.65 Å². The molecule has 0 fully saturated rings. The minimum absolute atomic E-state index is 0.0856. The monoisotopic (exact) mass is 397 g/mol. The summed E-state index contributed by atoms with van der Waals surface area (Å²) in [7, 11) is 4.26. The zero-order valence-electron chi connectivity index (χ0n) is 18.7. The Kier molecular flexibility index (Phi) is 6.67. The normalized spacial score (nSPS) is 12.9. The van der Waals surface area contributed by atoms with Crippen LogP contribution in [0.25, 0.3) is 21.8 Å². The Morgan fingerprint density at radius 2 is 1.59 bits per heavy atom. The standard InChI is InChI=1S/C25H37N2O2/c1-25(2,3)27(4,5)29-17-11-7-6-10-16-26-23-13-9-8-12-21(23)22-18-20(19-28)14-15-24(22)26/h8-9,12-15,18,28H,6-7,10-11,16-17,19H2,1-5H3/q+1. The van der Waals surface area contributed by atoms with Crippen molar-refractivity contribution in [1.29, 1.82) is 0 Å². The van der Waals surface area contributed by atoms with Crippen LogP contribution in [0.5, 0.6) is 0 Å². The third-order valence-corrected chi connectivity index (χ3v) is 6.32. The van der Waals surface area contributed by atoms with Gasteiger partial charge in [-0.05, 0) is 57.4 Å². The van der Waals surface area contributed by atoms with Crippen molar-refractivity contribution in [3.05, 3.63) is 48.0 Å². The molecule has 0 amide bonds. The minimum Gasteiger partial charge on any atom is -0.392 e. The van der Waals surface area contributed by atoms with E-state index in [-0.39, 0.29) is 12.1 Å². The molecular formula is C25H37N2O2+. The van der Waals surface area contributed by atoms with Crippen LogP contribution in [0.1, 0.15) is 52.0 Å². The maximum absolute atomic E-state index is 9.50. The fraction of sp³-hybridized carbons (Fsp3) is 0.520. The third kappa shape index (κ3) is 4.82. The Morgan fingerprint density at radius 3 is 2.31 bits per heavy atom. The molecule has 3 rings (SSSR count). The minimum atomic E-state index is 0.0856. The first kappa shape index (κ1) is 21.8. The summed E-state index contributed by atoms with van der Waals surface area (Å²) in [5.41, 5.74) is 3.60. The fourth-order valence-corrected chi connectivity index (χ4v) is 3.65. The smallest absolute Gasteiger partial charge is 0.120 e. The van der Waals surface area contributed by atoms with Crippen LogP contribution in [-0.2, 0) is 18.0 Å². The number of hydroxylamine groups is 3. The van der Waals surface area contributed by atoms with Crippen molar-refractivity contribution in [3.63, 3.8) is 0 Å². The molecular weight excluding hydrogens is 360 g/mol. The molecule has 1 N–H and O–H groups in total. The lowest BCUT2D eigenvalue weighted by atomic mass is 10.1. The van der Waals surface area contributed by atoms with Gasteiger partial charge in [0.15, 0.2) is 0 Å². The van der Waals surface area contributed by atoms with Crippen LogP contribution in [0.15, 0.2) is 42.5 Å². The van der Waals surface area contributed by atoms with E-state index >= 15 is 0 Å². The number of aromatic nitrogens is 1. The summed E-state index contributed by atoms with van der Waals surface area (Å²) in [6.07, 6.45) is 4.66. The van der Waals surface area contributed by atoms with Crippen LogP contribution in [0.4, 0.5) is 0 Å². The fourth-order valence-electron chi connectivity index (χ4n) is 3.65. The molecule has 29 heavy (non-hydrogen) atoms. The zero-order chi connectivity index (χ0) is 21.1. The molecule has 0 aliphatic rings. The molecule has 0 saturated heterocycles. The van der Waals surface area contributed by atoms with Crippen LogP contribution in [0.2, 0.25) is 0 Å². The first-order valence-electron chi connectivity index (χ1n) is 10.8. The maximum Gasteiger partial charge on any atom is 0.120 e. The number of hydrogen-bond donors (Lipinski definition) is 1. The highest BCUT2D eigenvalue weighted by molar-refractivity contribution is 6.08. The summed E-state index contributed by atoms with van der Waals surface area (Å²) in [4.78, 5) is 6.10. The van der Waals surface area contributed by atoms with Gasteiger partial charge in [-0.25, -0.2) is 4.84 Å². The van der Waals surface area contributed by atoms with Gasteiger partial charge in [-0.1, -0.05) is 37.1 Å². The van der Waals surface area contributed by atoms with Crippen molar-refractivity contribution >= 4 is 21.8 Å². The number of aliphatic hydroxyl groups is 1. The van der Waals surface area contributed by atoms with Crippen molar-refractivity contribution in [1.82, 2.24) is 4.57 Å². The molecule has 0 unspecified atom stereocenters. The predicted molar refractivity (Wildman–Crippen MR) is 122 cm³/mol. The second-order valence-electron chi connectivity index (χ2n) is 9.45. The van der Waals surface area contributed by atoms with Crippen LogP contribution < -0.4 is 0 Å². The Bertz CT molecular complexity index is 951. The van der Waals surface area contributed by atoms with Gasteiger partial charge in [-0.3, -0.25) is 0 Å². The summed E-state index contributed by atoms with van der Waals surface area (Å²) >= 11 is 0. The summed E-state index contributed by atoms with van der Waals surface area (Å²) in [6.45, 7) is 8.55. The lowest BCUT2D eigenvalue weighted by molar-refractivity contribution is -1.11. The first-order chi connectivity index (χ1) is 13.7. The summed E-state index contributed by atoms with van der Waals surface area (Å²) < 4.78 is 3.02. The Balaban J connectivity index is 1.57. The van der Waals surface area contributed by atoms with Crippen molar-refractivity contribution < 1.29 is 14.6 Å². The molecule has 0 atom stereocenters. The molecule has 0 aliphatic carbocycles. The number of aryl methyl sites for hydroxylation is 1. The van der Waals surface area contributed by atoms with E-state index in [9.17, 15) is 5.11 Å². The number of nitrogens with zero attached hydrogens (tertiary/aromatic N) is 2. The Labute approximate surface area is 175 Å². The lowest BCUT2D eigenvalue weighted by Crippen LogP contribution is -2.54. The Morgan fingerprint density at radius 1 is 0.897 bits per heavy atom. The topological polar surface area (TPSA) is 34.4 Å². The predicted octanol–water partition coefficient (Wildman–Crippen LogP) is 5.65. The van der Waals surface area contributed by atoms with E-state index in [0.717, 1.165) is 31.6 Å². The van der Waals surface area contributed by atoms with Gasteiger partial charge in [0.1, 0.15) is 12.1 Å². The molecule has 1 heterocycles. The summed E-state index contributed by atoms with van der Waals surface area (Å²) in [6, 6.07) is 14.9. The molecule has 0 saturated carbocycles. The number of para-hydroxylation sites is 1. The van der Waals surface area contributed by atoms with E-state index in [4.69, 9.17) is 4.84 Å². The average molecular weight is 398 g/mol. The van der Waals surface area contributed by atoms with Gasteiger partial charge in [0.25, 0.3) is 0 Å². The second kappa shape index (κ2) is 8.86. The van der Waals surface area contributed by atoms with Gasteiger partial charge in [0.2, 0.25) is 0 Å². The van der Waals surface area contributed by atoms with E-state index in [2.05, 4.69) is 75.8 Å². The zero-order valence-corrected chi connectivity index (χ0v) is 18.7. The number of fused-ring (bicyclic) bond motifs is 3. The van der Waals surface area contributed by atoms with E-state index in [1.807, 2.05) is 6.07 Å². The number of unbranched alkanes of at least 4 members (excludes halogenated alkanes) is 3. The van der Waals surface area contributed by atoms with Crippen LogP contribution in [-0.4, -0.2) is 40.6 Å². The van der Waals surface area contributed by atoms with Crippen LogP contribution in [0, 0.1) is 0 Å². The summed E-state index contributed by atoms with van der Waals surface area (Å²) in [5, 5.41) is 12.0.